The molecule has 0 unspecified atom stereocenters. The van der Waals surface area contributed by atoms with Crippen LogP contribution in [0, 0.1) is 0 Å². The predicted octanol–water partition coefficient (Wildman–Crippen LogP) is 4.18. The molecule has 0 fully saturated rings. The second kappa shape index (κ2) is 10.2. The van der Waals surface area contributed by atoms with Crippen LogP contribution in [0.4, 0.5) is 5.69 Å². The highest BCUT2D eigenvalue weighted by molar-refractivity contribution is 7.99. The van der Waals surface area contributed by atoms with Crippen LogP contribution < -0.4 is 14.8 Å². The van der Waals surface area contributed by atoms with Crippen molar-refractivity contribution in [3.05, 3.63) is 59.4 Å². The van der Waals surface area contributed by atoms with Crippen molar-refractivity contribution in [1.82, 2.24) is 14.8 Å². The van der Waals surface area contributed by atoms with Crippen molar-refractivity contribution in [3.63, 3.8) is 0 Å². The minimum Gasteiger partial charge on any atom is -0.494 e. The number of nitrogens with zero attached hydrogens (tertiary/aromatic N) is 3. The third-order valence-corrected chi connectivity index (χ3v) is 5.23. The molecule has 1 heterocycles. The molecule has 152 valence electrons. The number of hydrogen-bond donors (Lipinski definition) is 1. The fourth-order valence-corrected chi connectivity index (χ4v) is 3.35. The maximum atomic E-state index is 12.2. The van der Waals surface area contributed by atoms with E-state index in [4.69, 9.17) is 21.1 Å². The largest absolute Gasteiger partial charge is 0.494 e. The van der Waals surface area contributed by atoms with Crippen molar-refractivity contribution < 1.29 is 14.3 Å². The molecule has 7 nitrogen and oxygen atoms in total. The van der Waals surface area contributed by atoms with Gasteiger partial charge in [0.05, 0.1) is 17.4 Å². The number of rotatable bonds is 9. The summed E-state index contributed by atoms with van der Waals surface area (Å²) in [6.07, 6.45) is 0. The lowest BCUT2D eigenvalue weighted by Crippen LogP contribution is -2.14. The summed E-state index contributed by atoms with van der Waals surface area (Å²) in [5, 5.41) is 12.3. The van der Waals surface area contributed by atoms with Crippen LogP contribution in [0.2, 0.25) is 5.02 Å². The summed E-state index contributed by atoms with van der Waals surface area (Å²) in [6.45, 7) is 2.76. The number of halogens is 1. The van der Waals surface area contributed by atoms with Crippen LogP contribution in [0.25, 0.3) is 0 Å². The second-order valence-electron chi connectivity index (χ2n) is 5.97. The molecular weight excluding hydrogens is 412 g/mol. The molecule has 0 bridgehead atoms. The van der Waals surface area contributed by atoms with Gasteiger partial charge in [0.15, 0.2) is 11.0 Å². The maximum absolute atomic E-state index is 12.2. The van der Waals surface area contributed by atoms with Gasteiger partial charge in [-0.25, -0.2) is 0 Å². The first-order valence-electron chi connectivity index (χ1n) is 8.98. The van der Waals surface area contributed by atoms with Gasteiger partial charge >= 0.3 is 0 Å². The lowest BCUT2D eigenvalue weighted by Gasteiger charge is -2.08. The van der Waals surface area contributed by atoms with E-state index in [2.05, 4.69) is 15.5 Å². The number of benzene rings is 2. The third-order valence-electron chi connectivity index (χ3n) is 3.90. The minimum atomic E-state index is -0.129. The molecule has 0 aliphatic carbocycles. The van der Waals surface area contributed by atoms with E-state index in [0.717, 1.165) is 5.75 Å². The highest BCUT2D eigenvalue weighted by Crippen LogP contribution is 2.24. The highest BCUT2D eigenvalue weighted by Gasteiger charge is 2.13. The zero-order chi connectivity index (χ0) is 20.6. The van der Waals surface area contributed by atoms with Crippen LogP contribution in [0.15, 0.2) is 53.7 Å². The van der Waals surface area contributed by atoms with Crippen LogP contribution >= 0.6 is 23.4 Å². The van der Waals surface area contributed by atoms with Crippen LogP contribution in [-0.2, 0) is 18.4 Å². The van der Waals surface area contributed by atoms with E-state index < -0.39 is 0 Å². The standard InChI is InChI=1S/C20H21ClN4O3S/c1-3-27-15-10-8-14(9-11-15)22-19(26)13-29-20-24-23-18(25(20)2)12-28-17-7-5-4-6-16(17)21/h4-11H,3,12-13H2,1-2H3,(H,22,26). The molecule has 0 spiro atoms. The zero-order valence-corrected chi connectivity index (χ0v) is 17.7. The van der Waals surface area contributed by atoms with E-state index in [1.165, 1.54) is 11.8 Å². The number of amides is 1. The van der Waals surface area contributed by atoms with Crippen molar-refractivity contribution in [2.75, 3.05) is 17.7 Å². The van der Waals surface area contributed by atoms with Gasteiger partial charge in [-0.3, -0.25) is 4.79 Å². The number of ether oxygens (including phenoxy) is 2. The Kier molecular flexibility index (Phi) is 7.37. The van der Waals surface area contributed by atoms with Gasteiger partial charge in [-0.2, -0.15) is 0 Å². The first-order valence-corrected chi connectivity index (χ1v) is 10.3. The van der Waals surface area contributed by atoms with Gasteiger partial charge in [-0.15, -0.1) is 10.2 Å². The fraction of sp³-hybridized carbons (Fsp3) is 0.250. The first kappa shape index (κ1) is 21.0. The molecule has 0 atom stereocenters. The van der Waals surface area contributed by atoms with E-state index >= 15 is 0 Å². The molecule has 0 aliphatic heterocycles. The van der Waals surface area contributed by atoms with Crippen LogP contribution in [0.3, 0.4) is 0 Å². The Labute approximate surface area is 178 Å². The lowest BCUT2D eigenvalue weighted by atomic mass is 10.3. The van der Waals surface area contributed by atoms with Gasteiger partial charge in [0.1, 0.15) is 18.1 Å². The summed E-state index contributed by atoms with van der Waals surface area (Å²) in [5.41, 5.74) is 0.714. The Morgan fingerprint density at radius 2 is 1.90 bits per heavy atom. The number of aromatic nitrogens is 3. The molecule has 1 aromatic heterocycles. The van der Waals surface area contributed by atoms with Gasteiger partial charge in [-0.05, 0) is 43.3 Å². The first-order chi connectivity index (χ1) is 14.1. The maximum Gasteiger partial charge on any atom is 0.234 e. The molecule has 3 rings (SSSR count). The summed E-state index contributed by atoms with van der Waals surface area (Å²) in [6, 6.07) is 14.5. The summed E-state index contributed by atoms with van der Waals surface area (Å²) < 4.78 is 12.9. The van der Waals surface area contributed by atoms with Gasteiger partial charge in [0.25, 0.3) is 0 Å². The van der Waals surface area contributed by atoms with Gasteiger partial charge < -0.3 is 19.4 Å². The molecule has 9 heteroatoms. The number of nitrogens with one attached hydrogen (secondary N) is 1. The summed E-state index contributed by atoms with van der Waals surface area (Å²) in [5.74, 6) is 2.08. The molecular formula is C20H21ClN4O3S. The fourth-order valence-electron chi connectivity index (χ4n) is 2.43. The molecule has 3 aromatic rings. The van der Waals surface area contributed by atoms with Crippen molar-refractivity contribution in [1.29, 1.82) is 0 Å². The Morgan fingerprint density at radius 3 is 2.62 bits per heavy atom. The van der Waals surface area contributed by atoms with Crippen LogP contribution in [0.1, 0.15) is 12.7 Å². The lowest BCUT2D eigenvalue weighted by molar-refractivity contribution is -0.113. The topological polar surface area (TPSA) is 78.3 Å². The molecule has 0 aliphatic rings. The molecule has 0 radical (unpaired) electrons. The quantitative estimate of drug-likeness (QED) is 0.511. The van der Waals surface area contributed by atoms with E-state index in [1.54, 1.807) is 28.8 Å². The predicted molar refractivity (Wildman–Crippen MR) is 114 cm³/mol. The number of hydrogen-bond acceptors (Lipinski definition) is 6. The molecule has 0 saturated carbocycles. The van der Waals surface area contributed by atoms with Crippen molar-refractivity contribution in [2.24, 2.45) is 7.05 Å². The minimum absolute atomic E-state index is 0.129. The van der Waals surface area contributed by atoms with E-state index in [9.17, 15) is 4.79 Å². The van der Waals surface area contributed by atoms with Gasteiger partial charge in [0, 0.05) is 12.7 Å². The number of carbonyl (C=O) groups excluding carboxylic acids is 1. The summed E-state index contributed by atoms with van der Waals surface area (Å²) in [7, 11) is 1.83. The van der Waals surface area contributed by atoms with Gasteiger partial charge in [0.2, 0.25) is 5.91 Å². The summed E-state index contributed by atoms with van der Waals surface area (Å²) >= 11 is 7.39. The Morgan fingerprint density at radius 1 is 1.14 bits per heavy atom. The van der Waals surface area contributed by atoms with E-state index in [-0.39, 0.29) is 18.3 Å². The van der Waals surface area contributed by atoms with Crippen molar-refractivity contribution in [2.45, 2.75) is 18.7 Å². The van der Waals surface area contributed by atoms with Crippen molar-refractivity contribution in [3.8, 4) is 11.5 Å². The third kappa shape index (κ3) is 5.88. The molecule has 0 saturated heterocycles. The van der Waals surface area contributed by atoms with E-state index in [1.807, 2.05) is 38.2 Å². The summed E-state index contributed by atoms with van der Waals surface area (Å²) in [4.78, 5) is 12.2. The normalized spacial score (nSPS) is 10.6. The number of carbonyl (C=O) groups is 1. The number of para-hydroxylation sites is 1. The Bertz CT molecular complexity index is 963. The molecule has 29 heavy (non-hydrogen) atoms. The smallest absolute Gasteiger partial charge is 0.234 e. The Hall–Kier alpha value is -2.71. The van der Waals surface area contributed by atoms with Crippen LogP contribution in [-0.4, -0.2) is 33.0 Å². The average molecular weight is 433 g/mol. The highest BCUT2D eigenvalue weighted by atomic mass is 35.5. The average Bonchev–Trinajstić information content (AvgIpc) is 3.07. The van der Waals surface area contributed by atoms with E-state index in [0.29, 0.717) is 34.0 Å². The molecule has 2 aromatic carbocycles. The monoisotopic (exact) mass is 432 g/mol. The molecule has 1 amide bonds. The zero-order valence-electron chi connectivity index (χ0n) is 16.1. The number of thioether (sulfide) groups is 1. The SMILES string of the molecule is CCOc1ccc(NC(=O)CSc2nnc(COc3ccccc3Cl)n2C)cc1. The molecule has 1 N–H and O–H groups in total. The van der Waals surface area contributed by atoms with Gasteiger partial charge in [-0.1, -0.05) is 35.5 Å². The van der Waals surface area contributed by atoms with Crippen LogP contribution in [0.5, 0.6) is 11.5 Å². The second-order valence-corrected chi connectivity index (χ2v) is 7.32. The Balaban J connectivity index is 1.50. The number of anilines is 1. The van der Waals surface area contributed by atoms with Crippen molar-refractivity contribution >= 4 is 35.0 Å².